The smallest absolute Gasteiger partial charge is 0.341 e. The van der Waals surface area contributed by atoms with Crippen molar-refractivity contribution in [3.8, 4) is 0 Å². The molecule has 1 aromatic heterocycles. The second-order valence-corrected chi connectivity index (χ2v) is 7.70. The predicted octanol–water partition coefficient (Wildman–Crippen LogP) is 3.84. The van der Waals surface area contributed by atoms with Crippen molar-refractivity contribution in [1.29, 1.82) is 0 Å². The third kappa shape index (κ3) is 5.25. The molecule has 6 nitrogen and oxygen atoms in total. The number of carbonyl (C=O) groups excluding carboxylic acids is 2. The summed E-state index contributed by atoms with van der Waals surface area (Å²) < 4.78 is 5.12. The van der Waals surface area contributed by atoms with Crippen LogP contribution in [0.5, 0.6) is 0 Å². The molecule has 7 heteroatoms. The highest BCUT2D eigenvalue weighted by atomic mass is 32.2. The van der Waals surface area contributed by atoms with Crippen LogP contribution in [0, 0.1) is 5.92 Å². The number of nitrogens with one attached hydrogen (secondary N) is 1. The SMILES string of the molecule is CSc1ncccc1C(=O)OCC(=O)Nc1ccc(N2CCC(C)CC2)cc1. The third-order valence-electron chi connectivity index (χ3n) is 4.82. The minimum absolute atomic E-state index is 0.340. The normalized spacial score (nSPS) is 14.6. The Balaban J connectivity index is 1.50. The van der Waals surface area contributed by atoms with E-state index in [2.05, 4.69) is 22.1 Å². The fraction of sp³-hybridized carbons (Fsp3) is 0.381. The van der Waals surface area contributed by atoms with E-state index in [1.807, 2.05) is 30.5 Å². The molecule has 1 aromatic carbocycles. The number of rotatable bonds is 6. The highest BCUT2D eigenvalue weighted by Gasteiger charge is 2.17. The van der Waals surface area contributed by atoms with Gasteiger partial charge in [0.05, 0.1) is 5.56 Å². The molecule has 2 heterocycles. The van der Waals surface area contributed by atoms with E-state index in [1.54, 1.807) is 18.3 Å². The number of ether oxygens (including phenoxy) is 1. The summed E-state index contributed by atoms with van der Waals surface area (Å²) in [5.74, 6) is -0.138. The van der Waals surface area contributed by atoms with Crippen LogP contribution in [0.3, 0.4) is 0 Å². The van der Waals surface area contributed by atoms with Crippen LogP contribution in [0.2, 0.25) is 0 Å². The van der Waals surface area contributed by atoms with Crippen LogP contribution in [0.15, 0.2) is 47.6 Å². The van der Waals surface area contributed by atoms with Gasteiger partial charge in [0, 0.05) is 30.7 Å². The largest absolute Gasteiger partial charge is 0.452 e. The van der Waals surface area contributed by atoms with E-state index in [9.17, 15) is 9.59 Å². The van der Waals surface area contributed by atoms with Gasteiger partial charge in [-0.15, -0.1) is 11.8 Å². The third-order valence-corrected chi connectivity index (χ3v) is 5.53. The molecule has 0 aliphatic carbocycles. The van der Waals surface area contributed by atoms with Gasteiger partial charge < -0.3 is 15.0 Å². The lowest BCUT2D eigenvalue weighted by molar-refractivity contribution is -0.119. The first-order chi connectivity index (χ1) is 13.6. The van der Waals surface area contributed by atoms with Crippen molar-refractivity contribution in [1.82, 2.24) is 4.98 Å². The Bertz CT molecular complexity index is 818. The lowest BCUT2D eigenvalue weighted by atomic mass is 9.99. The van der Waals surface area contributed by atoms with Gasteiger partial charge in [0.2, 0.25) is 0 Å². The number of hydrogen-bond acceptors (Lipinski definition) is 6. The molecule has 0 bridgehead atoms. The number of pyridine rings is 1. The van der Waals surface area contributed by atoms with Gasteiger partial charge in [0.15, 0.2) is 6.61 Å². The number of carbonyl (C=O) groups is 2. The Morgan fingerprint density at radius 2 is 1.93 bits per heavy atom. The summed E-state index contributed by atoms with van der Waals surface area (Å²) >= 11 is 1.36. The second-order valence-electron chi connectivity index (χ2n) is 6.90. The Morgan fingerprint density at radius 1 is 1.21 bits per heavy atom. The molecule has 0 unspecified atom stereocenters. The minimum Gasteiger partial charge on any atom is -0.452 e. The van der Waals surface area contributed by atoms with Crippen LogP contribution in [-0.2, 0) is 9.53 Å². The fourth-order valence-electron chi connectivity index (χ4n) is 3.14. The van der Waals surface area contributed by atoms with E-state index in [-0.39, 0.29) is 12.5 Å². The Kier molecular flexibility index (Phi) is 6.92. The van der Waals surface area contributed by atoms with E-state index in [4.69, 9.17) is 4.74 Å². The molecule has 1 aliphatic heterocycles. The first kappa shape index (κ1) is 20.2. The Hall–Kier alpha value is -2.54. The van der Waals surface area contributed by atoms with Crippen LogP contribution >= 0.6 is 11.8 Å². The van der Waals surface area contributed by atoms with Crippen molar-refractivity contribution in [3.63, 3.8) is 0 Å². The quantitative estimate of drug-likeness (QED) is 0.588. The number of aromatic nitrogens is 1. The summed E-state index contributed by atoms with van der Waals surface area (Å²) in [6, 6.07) is 11.1. The molecule has 2 aromatic rings. The molecule has 28 heavy (non-hydrogen) atoms. The first-order valence-corrected chi connectivity index (χ1v) is 10.6. The molecule has 1 N–H and O–H groups in total. The van der Waals surface area contributed by atoms with Gasteiger partial charge in [-0.1, -0.05) is 6.92 Å². The van der Waals surface area contributed by atoms with Crippen molar-refractivity contribution in [3.05, 3.63) is 48.2 Å². The molecule has 0 saturated carbocycles. The number of thioether (sulfide) groups is 1. The molecule has 1 amide bonds. The summed E-state index contributed by atoms with van der Waals surface area (Å²) in [4.78, 5) is 30.8. The number of hydrogen-bond donors (Lipinski definition) is 1. The topological polar surface area (TPSA) is 71.5 Å². The van der Waals surface area contributed by atoms with Crippen LogP contribution < -0.4 is 10.2 Å². The van der Waals surface area contributed by atoms with Crippen LogP contribution in [-0.4, -0.2) is 42.8 Å². The number of esters is 1. The highest BCUT2D eigenvalue weighted by molar-refractivity contribution is 7.98. The molecule has 0 radical (unpaired) electrons. The molecule has 0 spiro atoms. The summed E-state index contributed by atoms with van der Waals surface area (Å²) in [6.45, 7) is 4.08. The van der Waals surface area contributed by atoms with E-state index >= 15 is 0 Å². The van der Waals surface area contributed by atoms with Gasteiger partial charge >= 0.3 is 5.97 Å². The fourth-order valence-corrected chi connectivity index (χ4v) is 3.67. The van der Waals surface area contributed by atoms with Crippen LogP contribution in [0.1, 0.15) is 30.1 Å². The highest BCUT2D eigenvalue weighted by Crippen LogP contribution is 2.24. The lowest BCUT2D eigenvalue weighted by Gasteiger charge is -2.32. The summed E-state index contributed by atoms with van der Waals surface area (Å²) in [5, 5.41) is 3.34. The molecule has 1 fully saturated rings. The van der Waals surface area contributed by atoms with E-state index < -0.39 is 5.97 Å². The van der Waals surface area contributed by atoms with E-state index in [1.165, 1.54) is 24.6 Å². The molecule has 1 aliphatic rings. The van der Waals surface area contributed by atoms with E-state index in [0.717, 1.165) is 24.7 Å². The number of benzene rings is 1. The minimum atomic E-state index is -0.553. The zero-order valence-electron chi connectivity index (χ0n) is 16.2. The second kappa shape index (κ2) is 9.59. The van der Waals surface area contributed by atoms with Crippen molar-refractivity contribution >= 4 is 35.0 Å². The number of piperidine rings is 1. The van der Waals surface area contributed by atoms with Gasteiger partial charge in [-0.25, -0.2) is 9.78 Å². The van der Waals surface area contributed by atoms with Crippen LogP contribution in [0.4, 0.5) is 11.4 Å². The van der Waals surface area contributed by atoms with Gasteiger partial charge in [-0.05, 0) is 61.4 Å². The molecule has 3 rings (SSSR count). The predicted molar refractivity (Wildman–Crippen MR) is 112 cm³/mol. The summed E-state index contributed by atoms with van der Waals surface area (Å²) in [7, 11) is 0. The molecule has 1 saturated heterocycles. The van der Waals surface area contributed by atoms with E-state index in [0.29, 0.717) is 16.3 Å². The standard InChI is InChI=1S/C21H25N3O3S/c1-15-9-12-24(13-10-15)17-7-5-16(6-8-17)23-19(25)14-27-21(26)18-4-3-11-22-20(18)28-2/h3-8,11,15H,9-10,12-14H2,1-2H3,(H,23,25). The molecular formula is C21H25N3O3S. The monoisotopic (exact) mass is 399 g/mol. The summed E-state index contributed by atoms with van der Waals surface area (Å²) in [5.41, 5.74) is 2.21. The molecular weight excluding hydrogens is 374 g/mol. The van der Waals surface area contributed by atoms with Gasteiger partial charge in [0.1, 0.15) is 5.03 Å². The number of nitrogens with zero attached hydrogens (tertiary/aromatic N) is 2. The average Bonchev–Trinajstić information content (AvgIpc) is 2.73. The van der Waals surface area contributed by atoms with Crippen molar-refractivity contribution in [2.75, 3.05) is 36.2 Å². The maximum absolute atomic E-state index is 12.2. The summed E-state index contributed by atoms with van der Waals surface area (Å²) in [6.07, 6.45) is 5.86. The van der Waals surface area contributed by atoms with Crippen molar-refractivity contribution in [2.24, 2.45) is 5.92 Å². The Morgan fingerprint density at radius 3 is 2.61 bits per heavy atom. The van der Waals surface area contributed by atoms with Gasteiger partial charge in [-0.2, -0.15) is 0 Å². The van der Waals surface area contributed by atoms with Crippen molar-refractivity contribution in [2.45, 2.75) is 24.8 Å². The Labute approximate surface area is 169 Å². The zero-order valence-corrected chi connectivity index (χ0v) is 17.0. The molecule has 148 valence electrons. The first-order valence-electron chi connectivity index (χ1n) is 9.38. The molecule has 0 atom stereocenters. The maximum atomic E-state index is 12.2. The zero-order chi connectivity index (χ0) is 19.9. The van der Waals surface area contributed by atoms with Crippen molar-refractivity contribution < 1.29 is 14.3 Å². The van der Waals surface area contributed by atoms with Gasteiger partial charge in [0.25, 0.3) is 5.91 Å². The lowest BCUT2D eigenvalue weighted by Crippen LogP contribution is -2.32. The number of anilines is 2. The average molecular weight is 400 g/mol. The van der Waals surface area contributed by atoms with Crippen LogP contribution in [0.25, 0.3) is 0 Å². The number of amides is 1. The van der Waals surface area contributed by atoms with Gasteiger partial charge in [-0.3, -0.25) is 4.79 Å². The maximum Gasteiger partial charge on any atom is 0.341 e.